The van der Waals surface area contributed by atoms with Gasteiger partial charge in [0, 0.05) is 6.54 Å². The van der Waals surface area contributed by atoms with Gasteiger partial charge < -0.3 is 5.32 Å². The van der Waals surface area contributed by atoms with Gasteiger partial charge in [-0.3, -0.25) is 4.72 Å². The lowest BCUT2D eigenvalue weighted by atomic mass is 10.1. The lowest BCUT2D eigenvalue weighted by molar-refractivity contribution is 0.598. The Morgan fingerprint density at radius 3 is 2.44 bits per heavy atom. The molecule has 0 aliphatic heterocycles. The summed E-state index contributed by atoms with van der Waals surface area (Å²) in [5.41, 5.74) is 3.02. The molecule has 0 spiro atoms. The van der Waals surface area contributed by atoms with Crippen molar-refractivity contribution in [2.75, 3.05) is 10.0 Å². The van der Waals surface area contributed by atoms with Crippen LogP contribution in [-0.4, -0.2) is 13.4 Å². The van der Waals surface area contributed by atoms with E-state index in [1.54, 1.807) is 19.1 Å². The number of hydrogen-bond acceptors (Lipinski definition) is 4. The first-order chi connectivity index (χ1) is 12.8. The molecular weight excluding hydrogens is 365 g/mol. The second kappa shape index (κ2) is 7.75. The average Bonchev–Trinajstić information content (AvgIpc) is 2.61. The van der Waals surface area contributed by atoms with Crippen LogP contribution in [0.5, 0.6) is 0 Å². The molecule has 0 aliphatic rings. The maximum absolute atomic E-state index is 13.2. The lowest BCUT2D eigenvalue weighted by Crippen LogP contribution is -2.14. The highest BCUT2D eigenvalue weighted by Crippen LogP contribution is 2.20. The number of pyridine rings is 1. The Morgan fingerprint density at radius 2 is 1.78 bits per heavy atom. The number of halogens is 1. The third-order valence-electron chi connectivity index (χ3n) is 4.16. The van der Waals surface area contributed by atoms with Crippen LogP contribution in [0.4, 0.5) is 15.9 Å². The van der Waals surface area contributed by atoms with Crippen LogP contribution in [0.1, 0.15) is 16.7 Å². The average molecular weight is 385 g/mol. The van der Waals surface area contributed by atoms with Gasteiger partial charge in [0.15, 0.2) is 0 Å². The molecule has 7 heteroatoms. The summed E-state index contributed by atoms with van der Waals surface area (Å²) in [6, 6.07) is 14.9. The first kappa shape index (κ1) is 18.8. The summed E-state index contributed by atoms with van der Waals surface area (Å²) in [5, 5.41) is 3.21. The molecule has 2 N–H and O–H groups in total. The fraction of sp³-hybridized carbons (Fsp3) is 0.150. The molecule has 0 radical (unpaired) electrons. The molecule has 0 unspecified atom stereocenters. The number of nitrogens with zero attached hydrogens (tertiary/aromatic N) is 1. The van der Waals surface area contributed by atoms with Crippen molar-refractivity contribution in [3.63, 3.8) is 0 Å². The predicted molar refractivity (Wildman–Crippen MR) is 105 cm³/mol. The molecule has 140 valence electrons. The van der Waals surface area contributed by atoms with Gasteiger partial charge in [-0.25, -0.2) is 17.8 Å². The van der Waals surface area contributed by atoms with Gasteiger partial charge >= 0.3 is 0 Å². The Labute approximate surface area is 158 Å². The van der Waals surface area contributed by atoms with Crippen molar-refractivity contribution < 1.29 is 12.8 Å². The van der Waals surface area contributed by atoms with E-state index >= 15 is 0 Å². The van der Waals surface area contributed by atoms with Crippen LogP contribution < -0.4 is 10.0 Å². The van der Waals surface area contributed by atoms with Crippen molar-refractivity contribution in [2.24, 2.45) is 0 Å². The van der Waals surface area contributed by atoms with Gasteiger partial charge in [-0.1, -0.05) is 24.3 Å². The third kappa shape index (κ3) is 4.62. The smallest absolute Gasteiger partial charge is 0.262 e. The second-order valence-corrected chi connectivity index (χ2v) is 7.88. The lowest BCUT2D eigenvalue weighted by Gasteiger charge is -2.11. The second-order valence-electron chi connectivity index (χ2n) is 6.23. The van der Waals surface area contributed by atoms with Crippen molar-refractivity contribution in [3.05, 3.63) is 83.3 Å². The van der Waals surface area contributed by atoms with Crippen LogP contribution >= 0.6 is 0 Å². The fourth-order valence-corrected chi connectivity index (χ4v) is 3.95. The summed E-state index contributed by atoms with van der Waals surface area (Å²) >= 11 is 0. The summed E-state index contributed by atoms with van der Waals surface area (Å²) in [4.78, 5) is 4.27. The van der Waals surface area contributed by atoms with Gasteiger partial charge in [-0.15, -0.1) is 0 Å². The Balaban J connectivity index is 1.69. The van der Waals surface area contributed by atoms with E-state index in [1.165, 1.54) is 23.9 Å². The first-order valence-electron chi connectivity index (χ1n) is 8.38. The highest BCUT2D eigenvalue weighted by molar-refractivity contribution is 7.92. The molecule has 3 aromatic rings. The summed E-state index contributed by atoms with van der Waals surface area (Å²) in [7, 11) is -3.81. The van der Waals surface area contributed by atoms with E-state index in [0.717, 1.165) is 11.6 Å². The van der Waals surface area contributed by atoms with Gasteiger partial charge in [0.1, 0.15) is 11.6 Å². The maximum atomic E-state index is 13.2. The van der Waals surface area contributed by atoms with Crippen LogP contribution in [0.25, 0.3) is 0 Å². The molecule has 0 bridgehead atoms. The maximum Gasteiger partial charge on any atom is 0.262 e. The van der Waals surface area contributed by atoms with Gasteiger partial charge in [0.25, 0.3) is 10.0 Å². The number of nitrogens with one attached hydrogen (secondary N) is 2. The number of benzene rings is 2. The van der Waals surface area contributed by atoms with Crippen molar-refractivity contribution in [1.82, 2.24) is 4.98 Å². The zero-order valence-corrected chi connectivity index (χ0v) is 15.8. The highest BCUT2D eigenvalue weighted by Gasteiger charge is 2.17. The topological polar surface area (TPSA) is 71.1 Å². The minimum absolute atomic E-state index is 0.0330. The van der Waals surface area contributed by atoms with Crippen molar-refractivity contribution >= 4 is 21.5 Å². The molecule has 3 rings (SSSR count). The summed E-state index contributed by atoms with van der Waals surface area (Å²) in [5.74, 6) is 0.163. The van der Waals surface area contributed by atoms with Crippen molar-refractivity contribution in [1.29, 1.82) is 0 Å². The number of aromatic nitrogens is 1. The number of anilines is 2. The minimum atomic E-state index is -3.81. The molecule has 0 atom stereocenters. The molecule has 5 nitrogen and oxygen atoms in total. The van der Waals surface area contributed by atoms with Crippen molar-refractivity contribution in [2.45, 2.75) is 25.3 Å². The van der Waals surface area contributed by atoms with Crippen LogP contribution in [0.15, 0.2) is 65.7 Å². The molecule has 2 aromatic carbocycles. The fourth-order valence-electron chi connectivity index (χ4n) is 2.68. The zero-order chi connectivity index (χ0) is 19.4. The largest absolute Gasteiger partial charge is 0.366 e. The third-order valence-corrected chi connectivity index (χ3v) is 5.70. The summed E-state index contributed by atoms with van der Waals surface area (Å²) < 4.78 is 40.6. The van der Waals surface area contributed by atoms with E-state index in [0.29, 0.717) is 23.6 Å². The molecule has 0 saturated heterocycles. The monoisotopic (exact) mass is 385 g/mol. The van der Waals surface area contributed by atoms with E-state index in [2.05, 4.69) is 15.0 Å². The number of rotatable bonds is 6. The Kier molecular flexibility index (Phi) is 5.41. The molecular formula is C20H20FN3O2S. The van der Waals surface area contributed by atoms with Crippen LogP contribution in [0.3, 0.4) is 0 Å². The number of hydrogen-bond donors (Lipinski definition) is 2. The van der Waals surface area contributed by atoms with Crippen LogP contribution in [0, 0.1) is 19.7 Å². The SMILES string of the molecule is Cc1ccccc1CNc1ccc(NS(=O)(=O)c2ccc(F)cc2C)cn1. The first-order valence-corrected chi connectivity index (χ1v) is 9.87. The van der Waals surface area contributed by atoms with Crippen LogP contribution in [-0.2, 0) is 16.6 Å². The molecule has 27 heavy (non-hydrogen) atoms. The quantitative estimate of drug-likeness (QED) is 0.665. The normalized spacial score (nSPS) is 11.2. The predicted octanol–water partition coefficient (Wildman–Crippen LogP) is 4.25. The van der Waals surface area contributed by atoms with E-state index in [-0.39, 0.29) is 4.90 Å². The van der Waals surface area contributed by atoms with Gasteiger partial charge in [0.2, 0.25) is 0 Å². The Bertz CT molecular complexity index is 1050. The van der Waals surface area contributed by atoms with E-state index < -0.39 is 15.8 Å². The summed E-state index contributed by atoms with van der Waals surface area (Å²) in [6.45, 7) is 4.22. The molecule has 0 amide bonds. The molecule has 0 fully saturated rings. The molecule has 0 aliphatic carbocycles. The standard InChI is InChI=1S/C20H20FN3O2S/c1-14-5-3-4-6-16(14)12-22-20-10-8-18(13-23-20)24-27(25,26)19-9-7-17(21)11-15(19)2/h3-11,13,24H,12H2,1-2H3,(H,22,23). The highest BCUT2D eigenvalue weighted by atomic mass is 32.2. The van der Waals surface area contributed by atoms with Gasteiger partial charge in [-0.2, -0.15) is 0 Å². The number of sulfonamides is 1. The summed E-state index contributed by atoms with van der Waals surface area (Å²) in [6.07, 6.45) is 1.44. The molecule has 1 aromatic heterocycles. The van der Waals surface area contributed by atoms with Gasteiger partial charge in [0.05, 0.1) is 16.8 Å². The van der Waals surface area contributed by atoms with E-state index in [1.807, 2.05) is 31.2 Å². The molecule has 0 saturated carbocycles. The zero-order valence-electron chi connectivity index (χ0n) is 15.0. The Morgan fingerprint density at radius 1 is 1.00 bits per heavy atom. The van der Waals surface area contributed by atoms with E-state index in [4.69, 9.17) is 0 Å². The van der Waals surface area contributed by atoms with Crippen molar-refractivity contribution in [3.8, 4) is 0 Å². The minimum Gasteiger partial charge on any atom is -0.366 e. The van der Waals surface area contributed by atoms with Gasteiger partial charge in [-0.05, 0) is 60.9 Å². The van der Waals surface area contributed by atoms with E-state index in [9.17, 15) is 12.8 Å². The molecule has 1 heterocycles. The van der Waals surface area contributed by atoms with Crippen LogP contribution in [0.2, 0.25) is 0 Å². The number of aryl methyl sites for hydroxylation is 2. The Hall–Kier alpha value is -2.93.